The van der Waals surface area contributed by atoms with E-state index in [4.69, 9.17) is 5.73 Å². The molecule has 2 amide bonds. The average Bonchev–Trinajstić information content (AvgIpc) is 2.94. The second-order valence-electron chi connectivity index (χ2n) is 4.67. The smallest absolute Gasteiger partial charge is 0.318 e. The molecule has 2 heterocycles. The van der Waals surface area contributed by atoms with Gasteiger partial charge in [0, 0.05) is 17.3 Å². The number of aromatic nitrogens is 2. The fourth-order valence-corrected chi connectivity index (χ4v) is 2.08. The van der Waals surface area contributed by atoms with Gasteiger partial charge in [-0.1, -0.05) is 0 Å². The summed E-state index contributed by atoms with van der Waals surface area (Å²) in [6.45, 7) is 3.01. The molecule has 1 fully saturated rings. The summed E-state index contributed by atoms with van der Waals surface area (Å²) in [4.78, 5) is 22.0. The van der Waals surface area contributed by atoms with E-state index >= 15 is 0 Å². The van der Waals surface area contributed by atoms with Crippen molar-refractivity contribution in [3.63, 3.8) is 0 Å². The van der Waals surface area contributed by atoms with E-state index in [-0.39, 0.29) is 12.0 Å². The zero-order valence-electron chi connectivity index (χ0n) is 9.73. The molecule has 0 radical (unpaired) electrons. The summed E-state index contributed by atoms with van der Waals surface area (Å²) >= 11 is 0. The normalized spacial score (nSPS) is 18.1. The third-order valence-corrected chi connectivity index (χ3v) is 3.20. The minimum absolute atomic E-state index is 0.0107. The molecule has 1 aromatic rings. The second-order valence-corrected chi connectivity index (χ2v) is 4.67. The molecule has 1 aromatic heterocycles. The van der Waals surface area contributed by atoms with Crippen molar-refractivity contribution in [2.24, 2.45) is 0 Å². The molecule has 6 heteroatoms. The molecular weight excluding hydrogens is 218 g/mol. The molecule has 17 heavy (non-hydrogen) atoms. The number of nitrogens with one attached hydrogen (secondary N) is 1. The van der Waals surface area contributed by atoms with Gasteiger partial charge >= 0.3 is 6.03 Å². The van der Waals surface area contributed by atoms with Gasteiger partial charge < -0.3 is 16.0 Å². The first kappa shape index (κ1) is 10.3. The molecule has 1 aliphatic heterocycles. The van der Waals surface area contributed by atoms with Gasteiger partial charge in [-0.15, -0.1) is 0 Å². The van der Waals surface area contributed by atoms with Crippen molar-refractivity contribution in [3.8, 4) is 0 Å². The van der Waals surface area contributed by atoms with E-state index in [9.17, 15) is 4.79 Å². The maximum Gasteiger partial charge on any atom is 0.318 e. The van der Waals surface area contributed by atoms with Gasteiger partial charge in [0.1, 0.15) is 0 Å². The SMILES string of the molecule is Cc1nc(N)nc2c1CN(C(=O)NC1CC1)C2. The Morgan fingerprint density at radius 1 is 1.41 bits per heavy atom. The van der Waals surface area contributed by atoms with Crippen LogP contribution >= 0.6 is 0 Å². The van der Waals surface area contributed by atoms with E-state index in [0.29, 0.717) is 19.1 Å². The van der Waals surface area contributed by atoms with Gasteiger partial charge in [0.2, 0.25) is 5.95 Å². The van der Waals surface area contributed by atoms with Crippen LogP contribution in [0.25, 0.3) is 0 Å². The Morgan fingerprint density at radius 2 is 2.18 bits per heavy atom. The van der Waals surface area contributed by atoms with E-state index in [1.54, 1.807) is 4.90 Å². The summed E-state index contributed by atoms with van der Waals surface area (Å²) in [7, 11) is 0. The van der Waals surface area contributed by atoms with Crippen LogP contribution in [0.3, 0.4) is 0 Å². The molecule has 3 rings (SSSR count). The Morgan fingerprint density at radius 3 is 2.88 bits per heavy atom. The average molecular weight is 233 g/mol. The highest BCUT2D eigenvalue weighted by atomic mass is 16.2. The molecule has 0 aromatic carbocycles. The lowest BCUT2D eigenvalue weighted by molar-refractivity contribution is 0.197. The molecule has 0 bridgehead atoms. The van der Waals surface area contributed by atoms with Crippen LogP contribution in [-0.2, 0) is 13.1 Å². The molecule has 6 nitrogen and oxygen atoms in total. The van der Waals surface area contributed by atoms with E-state index in [1.165, 1.54) is 0 Å². The van der Waals surface area contributed by atoms with Crippen molar-refractivity contribution < 1.29 is 4.79 Å². The largest absolute Gasteiger partial charge is 0.368 e. The standard InChI is InChI=1S/C11H15N5O/c1-6-8-4-16(11(17)14-7-2-3-7)5-9(8)15-10(12)13-6/h7H,2-5H2,1H3,(H,14,17)(H2,12,13,15). The maximum atomic E-state index is 11.9. The third-order valence-electron chi connectivity index (χ3n) is 3.20. The van der Waals surface area contributed by atoms with Gasteiger partial charge in [0.15, 0.2) is 0 Å². The van der Waals surface area contributed by atoms with Crippen molar-refractivity contribution in [2.75, 3.05) is 5.73 Å². The monoisotopic (exact) mass is 233 g/mol. The Kier molecular flexibility index (Phi) is 2.17. The molecule has 0 atom stereocenters. The highest BCUT2D eigenvalue weighted by molar-refractivity contribution is 5.75. The molecule has 0 unspecified atom stereocenters. The molecule has 3 N–H and O–H groups in total. The number of aryl methyl sites for hydroxylation is 1. The van der Waals surface area contributed by atoms with E-state index in [2.05, 4.69) is 15.3 Å². The van der Waals surface area contributed by atoms with Crippen LogP contribution < -0.4 is 11.1 Å². The minimum Gasteiger partial charge on any atom is -0.368 e. The van der Waals surface area contributed by atoms with Crippen molar-refractivity contribution in [1.29, 1.82) is 0 Å². The van der Waals surface area contributed by atoms with E-state index < -0.39 is 0 Å². The summed E-state index contributed by atoms with van der Waals surface area (Å²) in [5.74, 6) is 0.283. The number of nitrogens with two attached hydrogens (primary N) is 1. The Hall–Kier alpha value is -1.85. The predicted octanol–water partition coefficient (Wildman–Crippen LogP) is 0.555. The first-order valence-corrected chi connectivity index (χ1v) is 5.81. The number of urea groups is 1. The summed E-state index contributed by atoms with van der Waals surface area (Å²) in [6.07, 6.45) is 2.19. The number of anilines is 1. The zero-order valence-corrected chi connectivity index (χ0v) is 9.73. The van der Waals surface area contributed by atoms with E-state index in [0.717, 1.165) is 29.8 Å². The van der Waals surface area contributed by atoms with Crippen LogP contribution in [0.2, 0.25) is 0 Å². The van der Waals surface area contributed by atoms with Crippen LogP contribution in [0, 0.1) is 6.92 Å². The van der Waals surface area contributed by atoms with Crippen molar-refractivity contribution >= 4 is 12.0 Å². The fraction of sp³-hybridized carbons (Fsp3) is 0.545. The zero-order chi connectivity index (χ0) is 12.0. The first-order valence-electron chi connectivity index (χ1n) is 5.81. The molecule has 0 spiro atoms. The lowest BCUT2D eigenvalue weighted by Gasteiger charge is -2.15. The highest BCUT2D eigenvalue weighted by Gasteiger charge is 2.30. The predicted molar refractivity (Wildman–Crippen MR) is 62.0 cm³/mol. The quantitative estimate of drug-likeness (QED) is 0.742. The summed E-state index contributed by atoms with van der Waals surface area (Å²) < 4.78 is 0. The summed E-state index contributed by atoms with van der Waals surface area (Å²) in [5.41, 5.74) is 8.38. The lowest BCUT2D eigenvalue weighted by atomic mass is 10.2. The number of amides is 2. The number of fused-ring (bicyclic) bond motifs is 1. The van der Waals surface area contributed by atoms with Crippen molar-refractivity contribution in [2.45, 2.75) is 38.9 Å². The van der Waals surface area contributed by atoms with E-state index in [1.807, 2.05) is 6.92 Å². The van der Waals surface area contributed by atoms with Crippen LogP contribution in [0.1, 0.15) is 29.8 Å². The highest BCUT2D eigenvalue weighted by Crippen LogP contribution is 2.25. The molecule has 1 aliphatic carbocycles. The second kappa shape index (κ2) is 3.58. The Bertz CT molecular complexity index is 483. The first-order chi connectivity index (χ1) is 8.13. The van der Waals surface area contributed by atoms with Crippen LogP contribution in [0.5, 0.6) is 0 Å². The topological polar surface area (TPSA) is 84.1 Å². The molecule has 90 valence electrons. The molecule has 0 saturated heterocycles. The fourth-order valence-electron chi connectivity index (χ4n) is 2.08. The number of nitrogen functional groups attached to an aromatic ring is 1. The maximum absolute atomic E-state index is 11.9. The minimum atomic E-state index is -0.0107. The summed E-state index contributed by atoms with van der Waals surface area (Å²) in [6, 6.07) is 0.368. The van der Waals surface area contributed by atoms with Crippen molar-refractivity contribution in [1.82, 2.24) is 20.2 Å². The van der Waals surface area contributed by atoms with Crippen LogP contribution in [0.4, 0.5) is 10.7 Å². The number of rotatable bonds is 1. The number of carbonyl (C=O) groups excluding carboxylic acids is 1. The lowest BCUT2D eigenvalue weighted by Crippen LogP contribution is -2.37. The molecule has 1 saturated carbocycles. The number of carbonyl (C=O) groups is 1. The number of nitrogens with zero attached hydrogens (tertiary/aromatic N) is 3. The number of hydrogen-bond donors (Lipinski definition) is 2. The van der Waals surface area contributed by atoms with Gasteiger partial charge in [-0.3, -0.25) is 0 Å². The van der Waals surface area contributed by atoms with Crippen LogP contribution in [0.15, 0.2) is 0 Å². The van der Waals surface area contributed by atoms with Gasteiger partial charge in [-0.2, -0.15) is 0 Å². The summed E-state index contributed by atoms with van der Waals surface area (Å²) in [5, 5.41) is 2.97. The molecule has 2 aliphatic rings. The third kappa shape index (κ3) is 1.90. The van der Waals surface area contributed by atoms with Gasteiger partial charge in [0.25, 0.3) is 0 Å². The number of hydrogen-bond acceptors (Lipinski definition) is 4. The molecular formula is C11H15N5O. The van der Waals surface area contributed by atoms with Gasteiger partial charge in [0.05, 0.1) is 18.8 Å². The van der Waals surface area contributed by atoms with Gasteiger partial charge in [-0.25, -0.2) is 14.8 Å². The van der Waals surface area contributed by atoms with Crippen LogP contribution in [-0.4, -0.2) is 26.9 Å². The van der Waals surface area contributed by atoms with Crippen molar-refractivity contribution in [3.05, 3.63) is 17.0 Å². The Balaban J connectivity index is 1.77. The Labute approximate surface area is 99.2 Å². The van der Waals surface area contributed by atoms with Gasteiger partial charge in [-0.05, 0) is 19.8 Å².